The third kappa shape index (κ3) is 6.64. The summed E-state index contributed by atoms with van der Waals surface area (Å²) in [6.45, 7) is 5.57. The van der Waals surface area contributed by atoms with Gasteiger partial charge in [-0.2, -0.15) is 0 Å². The first-order valence-electron chi connectivity index (χ1n) is 7.26. The summed E-state index contributed by atoms with van der Waals surface area (Å²) in [5.74, 6) is -0.852. The molecule has 0 radical (unpaired) electrons. The fourth-order valence-corrected chi connectivity index (χ4v) is 4.30. The molecule has 1 aliphatic heterocycles. The first-order chi connectivity index (χ1) is 10.0. The number of sulfone groups is 1. The summed E-state index contributed by atoms with van der Waals surface area (Å²) in [6, 6.07) is 0. The van der Waals surface area contributed by atoms with Crippen LogP contribution in [0.3, 0.4) is 0 Å². The molecule has 0 spiro atoms. The normalized spacial score (nSPS) is 24.4. The van der Waals surface area contributed by atoms with Crippen molar-refractivity contribution < 1.29 is 27.5 Å². The van der Waals surface area contributed by atoms with Gasteiger partial charge in [0.15, 0.2) is 9.84 Å². The van der Waals surface area contributed by atoms with E-state index in [4.69, 9.17) is 4.74 Å². The minimum Gasteiger partial charge on any atom is -0.469 e. The molecule has 0 unspecified atom stereocenters. The summed E-state index contributed by atoms with van der Waals surface area (Å²) in [5.41, 5.74) is -0.592. The zero-order valence-electron chi connectivity index (χ0n) is 13.5. The number of hydrogen-bond acceptors (Lipinski definition) is 6. The Hall–Kier alpha value is -1.31. The maximum absolute atomic E-state index is 11.7. The fraction of sp³-hybridized carbons (Fsp3) is 0.857. The van der Waals surface area contributed by atoms with Crippen LogP contribution in [-0.2, 0) is 24.1 Å². The Kier molecular flexibility index (Phi) is 6.22. The lowest BCUT2D eigenvalue weighted by molar-refractivity contribution is -0.142. The molecule has 0 aromatic heterocycles. The number of hydrogen-bond donors (Lipinski definition) is 1. The molecule has 0 bridgehead atoms. The molecule has 1 aliphatic rings. The largest absolute Gasteiger partial charge is 0.469 e. The van der Waals surface area contributed by atoms with E-state index in [9.17, 15) is 18.0 Å². The summed E-state index contributed by atoms with van der Waals surface area (Å²) < 4.78 is 33.2. The van der Waals surface area contributed by atoms with Crippen molar-refractivity contribution in [1.82, 2.24) is 5.32 Å². The van der Waals surface area contributed by atoms with Crippen molar-refractivity contribution in [2.75, 3.05) is 25.2 Å². The molecule has 22 heavy (non-hydrogen) atoms. The van der Waals surface area contributed by atoms with E-state index in [-0.39, 0.29) is 36.3 Å². The molecule has 128 valence electrons. The van der Waals surface area contributed by atoms with Gasteiger partial charge < -0.3 is 14.8 Å². The lowest BCUT2D eigenvalue weighted by atomic mass is 9.88. The topological polar surface area (TPSA) is 98.8 Å². The summed E-state index contributed by atoms with van der Waals surface area (Å²) >= 11 is 0. The molecule has 1 N–H and O–H groups in total. The van der Waals surface area contributed by atoms with E-state index in [0.29, 0.717) is 6.42 Å². The number of carbonyl (C=O) groups is 2. The SMILES string of the molecule is COC(=O)C[C@@H]1CS(=O)(=O)CC[C@H]1CNC(=O)OC(C)(C)C. The smallest absolute Gasteiger partial charge is 0.407 e. The fourth-order valence-electron chi connectivity index (χ4n) is 2.43. The minimum atomic E-state index is -3.14. The lowest BCUT2D eigenvalue weighted by Crippen LogP contribution is -2.42. The minimum absolute atomic E-state index is 0.0381. The van der Waals surface area contributed by atoms with Crippen LogP contribution in [0.15, 0.2) is 0 Å². The molecule has 7 nitrogen and oxygen atoms in total. The molecule has 8 heteroatoms. The Bertz CT molecular complexity index is 508. The van der Waals surface area contributed by atoms with Crippen LogP contribution in [-0.4, -0.2) is 51.2 Å². The number of carbonyl (C=O) groups excluding carboxylic acids is 2. The average Bonchev–Trinajstić information content (AvgIpc) is 2.34. The maximum atomic E-state index is 11.7. The maximum Gasteiger partial charge on any atom is 0.407 e. The van der Waals surface area contributed by atoms with Crippen molar-refractivity contribution in [2.45, 2.75) is 39.2 Å². The number of ether oxygens (including phenoxy) is 2. The van der Waals surface area contributed by atoms with Crippen LogP contribution < -0.4 is 5.32 Å². The van der Waals surface area contributed by atoms with E-state index in [1.54, 1.807) is 20.8 Å². The average molecular weight is 335 g/mol. The van der Waals surface area contributed by atoms with E-state index in [2.05, 4.69) is 10.1 Å². The van der Waals surface area contributed by atoms with Crippen LogP contribution in [0.5, 0.6) is 0 Å². The van der Waals surface area contributed by atoms with Gasteiger partial charge in [-0.1, -0.05) is 0 Å². The van der Waals surface area contributed by atoms with Crippen molar-refractivity contribution in [3.63, 3.8) is 0 Å². The molecule has 2 atom stereocenters. The molecule has 1 saturated heterocycles. The molecule has 0 saturated carbocycles. The van der Waals surface area contributed by atoms with Crippen LogP contribution in [0, 0.1) is 11.8 Å². The highest BCUT2D eigenvalue weighted by molar-refractivity contribution is 7.91. The van der Waals surface area contributed by atoms with Gasteiger partial charge in [0.05, 0.1) is 18.6 Å². The van der Waals surface area contributed by atoms with Gasteiger partial charge in [-0.15, -0.1) is 0 Å². The summed E-state index contributed by atoms with van der Waals surface area (Å²) in [6.07, 6.45) is -0.0892. The molecule has 0 aromatic rings. The Labute approximate surface area is 131 Å². The second-order valence-electron chi connectivity index (χ2n) is 6.59. The molecule has 0 aliphatic carbocycles. The van der Waals surface area contributed by atoms with Gasteiger partial charge in [0.25, 0.3) is 0 Å². The Morgan fingerprint density at radius 3 is 2.41 bits per heavy atom. The molecule has 1 heterocycles. The standard InChI is InChI=1S/C14H25NO6S/c1-14(2,3)21-13(17)15-8-10-5-6-22(18,19)9-11(10)7-12(16)20-4/h10-11H,5-9H2,1-4H3,(H,15,17)/t10-,11+/m0/s1. The zero-order chi connectivity index (χ0) is 17.0. The summed E-state index contributed by atoms with van der Waals surface area (Å²) in [7, 11) is -1.87. The molecule has 1 amide bonds. The van der Waals surface area contributed by atoms with E-state index in [1.165, 1.54) is 7.11 Å². The summed E-state index contributed by atoms with van der Waals surface area (Å²) in [4.78, 5) is 23.1. The monoisotopic (exact) mass is 335 g/mol. The number of esters is 1. The van der Waals surface area contributed by atoms with Crippen molar-refractivity contribution >= 4 is 21.9 Å². The number of methoxy groups -OCH3 is 1. The molecule has 0 aromatic carbocycles. The molecule has 1 rings (SSSR count). The van der Waals surface area contributed by atoms with Gasteiger partial charge in [-0.3, -0.25) is 4.79 Å². The highest BCUT2D eigenvalue weighted by Crippen LogP contribution is 2.28. The van der Waals surface area contributed by atoms with Crippen molar-refractivity contribution in [1.29, 1.82) is 0 Å². The second kappa shape index (κ2) is 7.30. The van der Waals surface area contributed by atoms with Gasteiger partial charge in [0, 0.05) is 13.0 Å². The highest BCUT2D eigenvalue weighted by atomic mass is 32.2. The second-order valence-corrected chi connectivity index (χ2v) is 8.81. The van der Waals surface area contributed by atoms with Crippen molar-refractivity contribution in [2.24, 2.45) is 11.8 Å². The Morgan fingerprint density at radius 1 is 1.23 bits per heavy atom. The summed E-state index contributed by atoms with van der Waals surface area (Å²) in [5, 5.41) is 2.65. The number of nitrogens with one attached hydrogen (secondary N) is 1. The molecule has 1 fully saturated rings. The Balaban J connectivity index is 2.62. The van der Waals surface area contributed by atoms with Crippen LogP contribution in [0.4, 0.5) is 4.79 Å². The highest BCUT2D eigenvalue weighted by Gasteiger charge is 2.35. The lowest BCUT2D eigenvalue weighted by Gasteiger charge is -2.31. The third-order valence-electron chi connectivity index (χ3n) is 3.50. The quantitative estimate of drug-likeness (QED) is 0.773. The number of rotatable bonds is 4. The molecular formula is C14H25NO6S. The first-order valence-corrected chi connectivity index (χ1v) is 9.08. The van der Waals surface area contributed by atoms with Gasteiger partial charge in [0.1, 0.15) is 5.60 Å². The predicted molar refractivity (Wildman–Crippen MR) is 81.1 cm³/mol. The van der Waals surface area contributed by atoms with E-state index in [1.807, 2.05) is 0 Å². The number of amides is 1. The molecular weight excluding hydrogens is 310 g/mol. The van der Waals surface area contributed by atoms with Crippen molar-refractivity contribution in [3.05, 3.63) is 0 Å². The van der Waals surface area contributed by atoms with E-state index in [0.717, 1.165) is 0 Å². The van der Waals surface area contributed by atoms with E-state index < -0.39 is 27.5 Å². The van der Waals surface area contributed by atoms with Gasteiger partial charge >= 0.3 is 12.1 Å². The van der Waals surface area contributed by atoms with Crippen LogP contribution >= 0.6 is 0 Å². The van der Waals surface area contributed by atoms with Crippen molar-refractivity contribution in [3.8, 4) is 0 Å². The van der Waals surface area contributed by atoms with Gasteiger partial charge in [-0.25, -0.2) is 13.2 Å². The van der Waals surface area contributed by atoms with Crippen LogP contribution in [0.2, 0.25) is 0 Å². The van der Waals surface area contributed by atoms with Crippen LogP contribution in [0.1, 0.15) is 33.6 Å². The third-order valence-corrected chi connectivity index (χ3v) is 5.29. The first kappa shape index (κ1) is 18.7. The van der Waals surface area contributed by atoms with Crippen LogP contribution in [0.25, 0.3) is 0 Å². The zero-order valence-corrected chi connectivity index (χ0v) is 14.4. The Morgan fingerprint density at radius 2 is 1.86 bits per heavy atom. The number of alkyl carbamates (subject to hydrolysis) is 1. The predicted octanol–water partition coefficient (Wildman–Crippen LogP) is 1.13. The van der Waals surface area contributed by atoms with E-state index >= 15 is 0 Å². The van der Waals surface area contributed by atoms with Gasteiger partial charge in [-0.05, 0) is 39.0 Å². The van der Waals surface area contributed by atoms with Gasteiger partial charge in [0.2, 0.25) is 0 Å².